The Balaban J connectivity index is 1.48. The molecule has 0 aliphatic carbocycles. The third kappa shape index (κ3) is 4.62. The molecule has 0 spiro atoms. The number of ether oxygens (including phenoxy) is 3. The van der Waals surface area contributed by atoms with Crippen molar-refractivity contribution in [3.63, 3.8) is 0 Å². The molecule has 1 aliphatic heterocycles. The van der Waals surface area contributed by atoms with E-state index in [1.165, 1.54) is 26.0 Å². The lowest BCUT2D eigenvalue weighted by Gasteiger charge is -2.36. The van der Waals surface area contributed by atoms with Crippen molar-refractivity contribution in [2.24, 2.45) is 5.92 Å². The molecule has 2 heterocycles. The van der Waals surface area contributed by atoms with Gasteiger partial charge in [-0.15, -0.1) is 0 Å². The van der Waals surface area contributed by atoms with E-state index in [1.807, 2.05) is 42.6 Å². The van der Waals surface area contributed by atoms with Gasteiger partial charge in [-0.3, -0.25) is 9.59 Å². The van der Waals surface area contributed by atoms with E-state index in [0.717, 1.165) is 27.6 Å². The molecule has 3 aromatic carbocycles. The molecule has 1 fully saturated rings. The van der Waals surface area contributed by atoms with Crippen molar-refractivity contribution in [1.82, 2.24) is 4.98 Å². The monoisotopic (exact) mass is 473 g/mol. The number of H-pyrrole nitrogens is 1. The summed E-state index contributed by atoms with van der Waals surface area (Å²) in [5, 5.41) is 0.902. The van der Waals surface area contributed by atoms with Crippen LogP contribution in [-0.4, -0.2) is 22.7 Å². The van der Waals surface area contributed by atoms with E-state index in [1.54, 1.807) is 24.3 Å². The Bertz CT molecular complexity index is 1350. The number of halogens is 1. The lowest BCUT2D eigenvalue weighted by Crippen LogP contribution is -2.48. The molecule has 1 aromatic heterocycles. The molecule has 0 radical (unpaired) electrons. The molecule has 1 N–H and O–H groups in total. The quantitative estimate of drug-likeness (QED) is 0.297. The summed E-state index contributed by atoms with van der Waals surface area (Å²) in [6.45, 7) is 3.35. The van der Waals surface area contributed by atoms with E-state index in [9.17, 15) is 14.0 Å². The van der Waals surface area contributed by atoms with Crippen LogP contribution in [0.15, 0.2) is 79.0 Å². The van der Waals surface area contributed by atoms with Crippen molar-refractivity contribution < 1.29 is 28.2 Å². The van der Waals surface area contributed by atoms with Gasteiger partial charge in [0.05, 0.1) is 0 Å². The minimum Gasteiger partial charge on any atom is -0.489 e. The number of para-hydroxylation sites is 1. The summed E-state index contributed by atoms with van der Waals surface area (Å²) in [7, 11) is 0. The lowest BCUT2D eigenvalue weighted by atomic mass is 9.80. The van der Waals surface area contributed by atoms with Crippen LogP contribution >= 0.6 is 0 Å². The van der Waals surface area contributed by atoms with Crippen LogP contribution in [-0.2, 0) is 25.7 Å². The highest BCUT2D eigenvalue weighted by atomic mass is 19.1. The lowest BCUT2D eigenvalue weighted by molar-refractivity contribution is -0.240. The van der Waals surface area contributed by atoms with Gasteiger partial charge in [0.25, 0.3) is 5.79 Å². The van der Waals surface area contributed by atoms with Crippen molar-refractivity contribution in [2.75, 3.05) is 0 Å². The maximum absolute atomic E-state index is 13.1. The molecule has 4 aromatic rings. The Morgan fingerprint density at radius 3 is 2.29 bits per heavy atom. The number of aromatic nitrogens is 1. The first-order valence-corrected chi connectivity index (χ1v) is 11.3. The Kier molecular flexibility index (Phi) is 5.76. The Hall–Kier alpha value is -4.13. The summed E-state index contributed by atoms with van der Waals surface area (Å²) in [5.41, 5.74) is 3.26. The van der Waals surface area contributed by atoms with E-state index in [-0.39, 0.29) is 12.4 Å². The van der Waals surface area contributed by atoms with Gasteiger partial charge in [0.2, 0.25) is 0 Å². The minimum atomic E-state index is -1.31. The molecular formula is C28H24FNO5. The molecule has 0 saturated carbocycles. The number of cyclic esters (lactones) is 2. The summed E-state index contributed by atoms with van der Waals surface area (Å²) < 4.78 is 29.8. The van der Waals surface area contributed by atoms with Crippen LogP contribution in [0.4, 0.5) is 4.39 Å². The van der Waals surface area contributed by atoms with E-state index >= 15 is 0 Å². The maximum atomic E-state index is 13.1. The number of esters is 2. The minimum absolute atomic E-state index is 0.280. The third-order valence-corrected chi connectivity index (χ3v) is 6.05. The second kappa shape index (κ2) is 8.91. The Morgan fingerprint density at radius 1 is 0.943 bits per heavy atom. The molecule has 6 nitrogen and oxygen atoms in total. The van der Waals surface area contributed by atoms with Crippen molar-refractivity contribution in [3.05, 3.63) is 102 Å². The number of benzene rings is 3. The predicted molar refractivity (Wildman–Crippen MR) is 127 cm³/mol. The first-order chi connectivity index (χ1) is 16.8. The standard InChI is InChI=1S/C28H24FNO5/c1-28(2)34-26(31)25(27(32)35-28)24(22-15-30-23-6-4-3-5-21(22)23)18-9-13-20(14-10-18)33-16-17-7-11-19(29)12-8-17/h3-15,24-25,30H,16H2,1-2H3/t24-/m0/s1. The van der Waals surface area contributed by atoms with Crippen LogP contribution in [0.5, 0.6) is 5.75 Å². The van der Waals surface area contributed by atoms with Crippen LogP contribution in [0.3, 0.4) is 0 Å². The van der Waals surface area contributed by atoms with Crippen LogP contribution in [0.2, 0.25) is 0 Å². The highest BCUT2D eigenvalue weighted by molar-refractivity contribution is 5.99. The van der Waals surface area contributed by atoms with Gasteiger partial charge in [0, 0.05) is 36.9 Å². The van der Waals surface area contributed by atoms with Gasteiger partial charge in [-0.05, 0) is 47.0 Å². The summed E-state index contributed by atoms with van der Waals surface area (Å²) in [4.78, 5) is 29.3. The van der Waals surface area contributed by atoms with Gasteiger partial charge in [-0.1, -0.05) is 42.5 Å². The van der Waals surface area contributed by atoms with Crippen LogP contribution < -0.4 is 4.74 Å². The fourth-order valence-electron chi connectivity index (χ4n) is 4.42. The molecule has 1 saturated heterocycles. The molecule has 5 rings (SSSR count). The summed E-state index contributed by atoms with van der Waals surface area (Å²) in [6.07, 6.45) is 1.81. The summed E-state index contributed by atoms with van der Waals surface area (Å²) >= 11 is 0. The Labute approximate surface area is 201 Å². The van der Waals surface area contributed by atoms with Gasteiger partial charge in [-0.25, -0.2) is 4.39 Å². The highest BCUT2D eigenvalue weighted by Gasteiger charge is 2.48. The van der Waals surface area contributed by atoms with Gasteiger partial charge in [-0.2, -0.15) is 0 Å². The van der Waals surface area contributed by atoms with E-state index in [0.29, 0.717) is 5.75 Å². The maximum Gasteiger partial charge on any atom is 0.324 e. The number of nitrogens with one attached hydrogen (secondary N) is 1. The van der Waals surface area contributed by atoms with Gasteiger partial charge in [0.15, 0.2) is 5.92 Å². The van der Waals surface area contributed by atoms with Crippen molar-refractivity contribution in [1.29, 1.82) is 0 Å². The van der Waals surface area contributed by atoms with Gasteiger partial charge >= 0.3 is 11.9 Å². The van der Waals surface area contributed by atoms with Gasteiger partial charge < -0.3 is 19.2 Å². The van der Waals surface area contributed by atoms with E-state index in [4.69, 9.17) is 14.2 Å². The molecule has 7 heteroatoms. The first-order valence-electron chi connectivity index (χ1n) is 11.3. The predicted octanol–water partition coefficient (Wildman–Crippen LogP) is 5.47. The average molecular weight is 474 g/mol. The summed E-state index contributed by atoms with van der Waals surface area (Å²) in [6, 6.07) is 21.0. The molecule has 0 unspecified atom stereocenters. The van der Waals surface area contributed by atoms with E-state index in [2.05, 4.69) is 4.98 Å². The summed E-state index contributed by atoms with van der Waals surface area (Å²) in [5.74, 6) is -4.05. The zero-order valence-electron chi connectivity index (χ0n) is 19.3. The number of hydrogen-bond donors (Lipinski definition) is 1. The number of hydrogen-bond acceptors (Lipinski definition) is 5. The fraction of sp³-hybridized carbons (Fsp3) is 0.214. The van der Waals surface area contributed by atoms with E-state index < -0.39 is 29.6 Å². The molecule has 0 bridgehead atoms. The van der Waals surface area contributed by atoms with Crippen molar-refractivity contribution >= 4 is 22.8 Å². The van der Waals surface area contributed by atoms with Crippen molar-refractivity contribution in [3.8, 4) is 5.75 Å². The zero-order valence-corrected chi connectivity index (χ0v) is 19.3. The number of aromatic amines is 1. The topological polar surface area (TPSA) is 77.6 Å². The smallest absolute Gasteiger partial charge is 0.324 e. The van der Waals surface area contributed by atoms with Gasteiger partial charge in [0.1, 0.15) is 18.2 Å². The second-order valence-electron chi connectivity index (χ2n) is 8.97. The third-order valence-electron chi connectivity index (χ3n) is 6.05. The molecule has 1 atom stereocenters. The molecule has 1 aliphatic rings. The SMILES string of the molecule is CC1(C)OC(=O)C([C@@H](c2ccc(OCc3ccc(F)cc3)cc2)c2c[nH]c3ccccc23)C(=O)O1. The number of carbonyl (C=O) groups excluding carboxylic acids is 2. The van der Waals surface area contributed by atoms with Crippen LogP contribution in [0.1, 0.15) is 36.5 Å². The first kappa shape index (κ1) is 22.7. The highest BCUT2D eigenvalue weighted by Crippen LogP contribution is 2.41. The largest absolute Gasteiger partial charge is 0.489 e. The molecular weight excluding hydrogens is 449 g/mol. The van der Waals surface area contributed by atoms with Crippen molar-refractivity contribution in [2.45, 2.75) is 32.2 Å². The average Bonchev–Trinajstić information content (AvgIpc) is 3.25. The van der Waals surface area contributed by atoms with Crippen LogP contribution in [0.25, 0.3) is 10.9 Å². The number of rotatable bonds is 6. The molecule has 35 heavy (non-hydrogen) atoms. The Morgan fingerprint density at radius 2 is 1.60 bits per heavy atom. The number of fused-ring (bicyclic) bond motifs is 1. The molecule has 178 valence electrons. The normalized spacial score (nSPS) is 16.5. The van der Waals surface area contributed by atoms with Crippen LogP contribution in [0, 0.1) is 11.7 Å². The molecule has 0 amide bonds. The zero-order chi connectivity index (χ0) is 24.6. The second-order valence-corrected chi connectivity index (χ2v) is 8.97. The fourth-order valence-corrected chi connectivity index (χ4v) is 4.42. The number of carbonyl (C=O) groups is 2.